The van der Waals surface area contributed by atoms with E-state index in [4.69, 9.17) is 9.90 Å². The van der Waals surface area contributed by atoms with Crippen LogP contribution in [0.15, 0.2) is 0 Å². The molecular formula is CNa2O2. The smallest absolute Gasteiger partial charge is 0.794 e. The normalized spacial score (nSPS) is 2.40. The van der Waals surface area contributed by atoms with Gasteiger partial charge >= 0.3 is 59.1 Å². The summed E-state index contributed by atoms with van der Waals surface area (Å²) in [7, 11) is 0. The van der Waals surface area contributed by atoms with E-state index in [9.17, 15) is 0 Å². The first-order chi connectivity index (χ1) is 1.41. The maximum absolute atomic E-state index is 8.12. The molecule has 18 valence electrons. The molecule has 0 aliphatic heterocycles. The Morgan fingerprint density at radius 1 is 1.40 bits per heavy atom. The molecule has 0 atom stereocenters. The third kappa shape index (κ3) is 30.5. The monoisotopic (exact) mass is 90.0 g/mol. The minimum atomic E-state index is 0. The summed E-state index contributed by atoms with van der Waals surface area (Å²) in [6.07, 6.45) is 0. The fourth-order valence-electron chi connectivity index (χ4n) is 0. The summed E-state index contributed by atoms with van der Waals surface area (Å²) in [6, 6.07) is 0. The molecule has 0 N–H and O–H groups in total. The van der Waals surface area contributed by atoms with Crippen LogP contribution in [0.25, 0.3) is 0 Å². The molecule has 4 heteroatoms. The molecule has 0 aromatic carbocycles. The first-order valence-corrected chi connectivity index (χ1v) is 0.408. The van der Waals surface area contributed by atoms with Gasteiger partial charge in [0.2, 0.25) is 0 Å². The standard InChI is InChI=1S/CO2.2Na/c2-1-3;;/q-2;2*+1. The van der Waals surface area contributed by atoms with Crippen molar-refractivity contribution in [3.05, 3.63) is 0 Å². The Bertz CT molecular complexity index is 15.1. The van der Waals surface area contributed by atoms with Crippen molar-refractivity contribution in [1.29, 1.82) is 0 Å². The van der Waals surface area contributed by atoms with Crippen molar-refractivity contribution in [1.82, 2.24) is 0 Å². The molecule has 0 spiro atoms. The Morgan fingerprint density at radius 3 is 1.40 bits per heavy atom. The van der Waals surface area contributed by atoms with Crippen LogP contribution in [-0.2, 0) is 4.79 Å². The Labute approximate surface area is 74.5 Å². The Balaban J connectivity index is -0.0000000200. The van der Waals surface area contributed by atoms with Crippen LogP contribution in [0, 0.1) is 0 Å². The molecule has 0 amide bonds. The van der Waals surface area contributed by atoms with Crippen molar-refractivity contribution in [2.45, 2.75) is 0 Å². The minimum Gasteiger partial charge on any atom is -0.794 e. The Hall–Kier alpha value is 1.47. The largest absolute Gasteiger partial charge is 1.00 e. The second kappa shape index (κ2) is 17.9. The van der Waals surface area contributed by atoms with Crippen LogP contribution in [0.4, 0.5) is 0 Å². The summed E-state index contributed by atoms with van der Waals surface area (Å²) in [5.41, 5.74) is 0. The zero-order valence-electron chi connectivity index (χ0n) is 3.32. The molecule has 0 rings (SSSR count). The molecule has 2 nitrogen and oxygen atoms in total. The predicted molar refractivity (Wildman–Crippen MR) is 5.69 cm³/mol. The van der Waals surface area contributed by atoms with Crippen LogP contribution >= 0.6 is 0 Å². The average molecular weight is 90.0 g/mol. The fraction of sp³-hybridized carbons (Fsp3) is 0. The van der Waals surface area contributed by atoms with Crippen LogP contribution < -0.4 is 64.2 Å². The number of carbonyl (C=O) groups excluding carboxylic acids is 1. The van der Waals surface area contributed by atoms with Crippen molar-refractivity contribution < 1.29 is 69.0 Å². The number of rotatable bonds is 0. The van der Waals surface area contributed by atoms with Crippen molar-refractivity contribution >= 4 is 6.47 Å². The van der Waals surface area contributed by atoms with E-state index in [0.29, 0.717) is 0 Å². The fourth-order valence-corrected chi connectivity index (χ4v) is 0. The molecule has 0 fully saturated rings. The maximum Gasteiger partial charge on any atom is 1.00 e. The van der Waals surface area contributed by atoms with Gasteiger partial charge in [0.05, 0.1) is 0 Å². The first-order valence-electron chi connectivity index (χ1n) is 0.408. The minimum absolute atomic E-state index is 0. The van der Waals surface area contributed by atoms with Gasteiger partial charge in [-0.25, -0.2) is 0 Å². The number of hydrogen-bond donors (Lipinski definition) is 0. The third-order valence-corrected chi connectivity index (χ3v) is 0. The van der Waals surface area contributed by atoms with Gasteiger partial charge in [-0.1, -0.05) is 0 Å². The molecule has 0 saturated carbocycles. The van der Waals surface area contributed by atoms with Gasteiger partial charge in [0.1, 0.15) is 0 Å². The van der Waals surface area contributed by atoms with E-state index in [1.54, 1.807) is 0 Å². The van der Waals surface area contributed by atoms with E-state index in [2.05, 4.69) is 0 Å². The SMILES string of the molecule is O=[C-][O-].[Na+].[Na+]. The van der Waals surface area contributed by atoms with E-state index >= 15 is 0 Å². The molecule has 0 unspecified atom stereocenters. The molecule has 0 aromatic rings. The van der Waals surface area contributed by atoms with E-state index in [0.717, 1.165) is 0 Å². The molecular weight excluding hydrogens is 90.0 g/mol. The van der Waals surface area contributed by atoms with Gasteiger partial charge in [-0.15, -0.1) is 0 Å². The second-order valence-corrected chi connectivity index (χ2v) is 0.0833. The van der Waals surface area contributed by atoms with Gasteiger partial charge in [-0.3, -0.25) is 0 Å². The van der Waals surface area contributed by atoms with Gasteiger partial charge in [0.15, 0.2) is 0 Å². The molecule has 0 aromatic heterocycles. The van der Waals surface area contributed by atoms with Gasteiger partial charge in [-0.2, -0.15) is 0 Å². The molecule has 0 heterocycles. The Morgan fingerprint density at radius 2 is 1.40 bits per heavy atom. The molecule has 5 heavy (non-hydrogen) atoms. The zero-order valence-corrected chi connectivity index (χ0v) is 7.32. The van der Waals surface area contributed by atoms with E-state index in [1.807, 2.05) is 0 Å². The molecule has 0 aliphatic rings. The second-order valence-electron chi connectivity index (χ2n) is 0.0833. The van der Waals surface area contributed by atoms with Gasteiger partial charge in [-0.05, 0) is 0 Å². The predicted octanol–water partition coefficient (Wildman–Crippen LogP) is -7.72. The third-order valence-electron chi connectivity index (χ3n) is 0. The summed E-state index contributed by atoms with van der Waals surface area (Å²) in [4.78, 5) is 8.12. The van der Waals surface area contributed by atoms with Crippen LogP contribution in [0.3, 0.4) is 0 Å². The van der Waals surface area contributed by atoms with Crippen LogP contribution in [-0.4, -0.2) is 6.47 Å². The summed E-state index contributed by atoms with van der Waals surface area (Å²) >= 11 is 0. The quantitative estimate of drug-likeness (QED) is 0.219. The van der Waals surface area contributed by atoms with E-state index in [-0.39, 0.29) is 65.6 Å². The number of hydrogen-bond acceptors (Lipinski definition) is 2. The maximum atomic E-state index is 8.12. The van der Waals surface area contributed by atoms with Gasteiger partial charge in [0, 0.05) is 0 Å². The summed E-state index contributed by atoms with van der Waals surface area (Å²) in [6.45, 7) is 0.250. The van der Waals surface area contributed by atoms with Crippen molar-refractivity contribution in [3.63, 3.8) is 0 Å². The molecule has 0 aliphatic carbocycles. The summed E-state index contributed by atoms with van der Waals surface area (Å²) in [5, 5.41) is 8.12. The van der Waals surface area contributed by atoms with Gasteiger partial charge in [0.25, 0.3) is 0 Å². The first kappa shape index (κ1) is 16.1. The van der Waals surface area contributed by atoms with Crippen LogP contribution in [0.5, 0.6) is 0 Å². The molecule has 0 saturated heterocycles. The van der Waals surface area contributed by atoms with Crippen LogP contribution in [0.1, 0.15) is 0 Å². The van der Waals surface area contributed by atoms with Crippen molar-refractivity contribution in [3.8, 4) is 0 Å². The average Bonchev–Trinajstić information content (AvgIpc) is 0.918. The van der Waals surface area contributed by atoms with Gasteiger partial charge < -0.3 is 16.4 Å². The van der Waals surface area contributed by atoms with Crippen molar-refractivity contribution in [2.75, 3.05) is 0 Å². The molecule has 0 radical (unpaired) electrons. The summed E-state index contributed by atoms with van der Waals surface area (Å²) < 4.78 is 0. The van der Waals surface area contributed by atoms with E-state index in [1.165, 1.54) is 0 Å². The van der Waals surface area contributed by atoms with Crippen LogP contribution in [0.2, 0.25) is 0 Å². The van der Waals surface area contributed by atoms with E-state index < -0.39 is 0 Å². The molecule has 0 bridgehead atoms. The Kier molecular flexibility index (Phi) is 57.6. The topological polar surface area (TPSA) is 40.1 Å². The van der Waals surface area contributed by atoms with Crippen molar-refractivity contribution in [2.24, 2.45) is 0 Å². The summed E-state index contributed by atoms with van der Waals surface area (Å²) in [5.74, 6) is 0. The zero-order chi connectivity index (χ0) is 2.71.